The van der Waals surface area contributed by atoms with Gasteiger partial charge in [-0.05, 0) is 104 Å². The topological polar surface area (TPSA) is 201 Å². The van der Waals surface area contributed by atoms with Crippen molar-refractivity contribution in [2.75, 3.05) is 77.2 Å². The molecule has 0 saturated carbocycles. The average molecular weight is 1140 g/mol. The third-order valence-electron chi connectivity index (χ3n) is 15.2. The summed E-state index contributed by atoms with van der Waals surface area (Å²) in [5.74, 6) is -1.32. The number of ether oxygens (including phenoxy) is 4. The number of β-amino-alcohol motifs (C(OH)–C–C–N with tert-alkyl or cyclic N) is 1. The summed E-state index contributed by atoms with van der Waals surface area (Å²) in [6.07, 6.45) is 3.68. The van der Waals surface area contributed by atoms with E-state index in [0.29, 0.717) is 36.5 Å². The van der Waals surface area contributed by atoms with Gasteiger partial charge in [-0.2, -0.15) is 9.97 Å². The van der Waals surface area contributed by atoms with Gasteiger partial charge in [0.15, 0.2) is 5.82 Å². The van der Waals surface area contributed by atoms with Crippen molar-refractivity contribution in [1.29, 1.82) is 0 Å². The van der Waals surface area contributed by atoms with Crippen LogP contribution in [-0.4, -0.2) is 155 Å². The number of carbonyl (C=O) groups is 3. The molecule has 80 heavy (non-hydrogen) atoms. The number of nitrogens with one attached hydrogen (secondary N) is 2. The molecule has 0 aliphatic carbocycles. The summed E-state index contributed by atoms with van der Waals surface area (Å²) in [7, 11) is 0. The first-order chi connectivity index (χ1) is 38.4. The number of carbonyl (C=O) groups excluding carboxylic acids is 3. The number of rotatable bonds is 21. The van der Waals surface area contributed by atoms with E-state index in [1.807, 2.05) is 95.6 Å². The van der Waals surface area contributed by atoms with Crippen LogP contribution in [0.4, 0.5) is 10.2 Å². The van der Waals surface area contributed by atoms with Crippen molar-refractivity contribution in [3.8, 4) is 33.3 Å². The van der Waals surface area contributed by atoms with Gasteiger partial charge in [0.2, 0.25) is 17.7 Å². The second-order valence-electron chi connectivity index (χ2n) is 22.4. The largest absolute Gasteiger partial charge is 0.508 e. The first kappa shape index (κ1) is 58.6. The monoisotopic (exact) mass is 1140 g/mol. The number of benzene rings is 4. The van der Waals surface area contributed by atoms with E-state index in [0.717, 1.165) is 90.8 Å². The lowest BCUT2D eigenvalue weighted by Gasteiger charge is -2.35. The number of aromatic hydroxyl groups is 1. The number of likely N-dealkylation sites (tertiary alicyclic amines) is 2. The molecule has 20 heteroatoms. The van der Waals surface area contributed by atoms with Crippen molar-refractivity contribution < 1.29 is 47.9 Å². The molecule has 3 fully saturated rings. The molecule has 4 N–H and O–H groups in total. The van der Waals surface area contributed by atoms with E-state index < -0.39 is 41.2 Å². The van der Waals surface area contributed by atoms with Crippen LogP contribution < -0.4 is 20.3 Å². The molecule has 0 radical (unpaired) electrons. The summed E-state index contributed by atoms with van der Waals surface area (Å²) in [4.78, 5) is 61.8. The standard InChI is InChI=1S/C60H74ClFN8O9S/c1-36(79-59-66-53-47(56(67-59)69-20-10-7-11-21-69)31-48(61)51(52(53)62)46-29-42(71)28-41-12-8-9-13-45(41)46)32-68-22-18-44(19-23-68)78-27-26-76-24-25-77-34-50(73)65-55(60(4,5)6)58(75)70-33-43(72)30-49(70)57(74)64-37(2)39-14-16-40(17-15-39)54-38(3)63-35-80-54/h8-9,12-17,28-29,31,35-37,43-44,49,55,71-72H,7,10-11,18-27,30,32-34H2,1-6H3,(H,64,74)(H,65,73)/t36-,37+,43-,49+,55-/m1/s1. The number of piperidine rings is 2. The van der Waals surface area contributed by atoms with Gasteiger partial charge >= 0.3 is 6.01 Å². The number of hydrogen-bond acceptors (Lipinski definition) is 15. The quantitative estimate of drug-likeness (QED) is 0.0498. The highest BCUT2D eigenvalue weighted by molar-refractivity contribution is 7.13. The summed E-state index contributed by atoms with van der Waals surface area (Å²) >= 11 is 8.48. The molecule has 3 amide bonds. The molecule has 3 saturated heterocycles. The van der Waals surface area contributed by atoms with Gasteiger partial charge in [-0.3, -0.25) is 19.3 Å². The van der Waals surface area contributed by atoms with Crippen molar-refractivity contribution in [3.05, 3.63) is 94.3 Å². The number of aryl methyl sites for hydroxylation is 1. The number of aromatic nitrogens is 3. The van der Waals surface area contributed by atoms with Gasteiger partial charge in [0.05, 0.1) is 65.8 Å². The Labute approximate surface area is 476 Å². The lowest BCUT2D eigenvalue weighted by molar-refractivity contribution is -0.144. The number of hydrogen-bond donors (Lipinski definition) is 4. The number of fused-ring (bicyclic) bond motifs is 2. The van der Waals surface area contributed by atoms with Crippen molar-refractivity contribution in [2.45, 2.75) is 117 Å². The maximum atomic E-state index is 17.0. The molecule has 5 atom stereocenters. The van der Waals surface area contributed by atoms with Crippen molar-refractivity contribution >= 4 is 68.2 Å². The van der Waals surface area contributed by atoms with E-state index in [-0.39, 0.29) is 84.8 Å². The van der Waals surface area contributed by atoms with Crippen LogP contribution in [0.5, 0.6) is 11.8 Å². The van der Waals surface area contributed by atoms with Crippen LogP contribution in [0.15, 0.2) is 72.2 Å². The predicted octanol–water partition coefficient (Wildman–Crippen LogP) is 9.02. The normalized spacial score (nSPS) is 18.6. The van der Waals surface area contributed by atoms with Crippen LogP contribution in [0.2, 0.25) is 5.02 Å². The smallest absolute Gasteiger partial charge is 0.319 e. The van der Waals surface area contributed by atoms with E-state index in [1.165, 1.54) is 11.0 Å². The van der Waals surface area contributed by atoms with Gasteiger partial charge in [0, 0.05) is 56.6 Å². The van der Waals surface area contributed by atoms with E-state index in [1.54, 1.807) is 23.5 Å². The first-order valence-corrected chi connectivity index (χ1v) is 29.1. The molecule has 0 spiro atoms. The fourth-order valence-electron chi connectivity index (χ4n) is 11.0. The number of aliphatic hydroxyl groups excluding tert-OH is 1. The lowest BCUT2D eigenvalue weighted by atomic mass is 9.85. The molecular weight excluding hydrogens is 1060 g/mol. The highest BCUT2D eigenvalue weighted by Crippen LogP contribution is 2.43. The van der Waals surface area contributed by atoms with Gasteiger partial charge in [-0.15, -0.1) is 11.3 Å². The van der Waals surface area contributed by atoms with Gasteiger partial charge in [-0.25, -0.2) is 9.37 Å². The maximum absolute atomic E-state index is 17.0. The summed E-state index contributed by atoms with van der Waals surface area (Å²) in [6.45, 7) is 15.9. The van der Waals surface area contributed by atoms with Crippen molar-refractivity contribution in [2.24, 2.45) is 5.41 Å². The second-order valence-corrected chi connectivity index (χ2v) is 23.6. The number of phenolic OH excluding ortho intramolecular Hbond substituents is 1. The SMILES string of the molecule is Cc1ncsc1-c1ccc([C@H](C)NC(=O)[C@@H]2C[C@@H](O)CN2C(=O)[C@@H](NC(=O)COCCOCCOC2CCN(C[C@@H](C)Oc3nc(N4CCCCC4)c4cc(Cl)c(-c5cc(O)cc6ccccc56)c(F)c4n3)CC2)C(C)(C)C)cc1. The molecule has 0 bridgehead atoms. The molecule has 5 heterocycles. The second kappa shape index (κ2) is 26.2. The minimum absolute atomic E-state index is 0.00500. The zero-order valence-electron chi connectivity index (χ0n) is 46.5. The number of halogens is 2. The number of nitrogens with zero attached hydrogens (tertiary/aromatic N) is 6. The number of amides is 3. The summed E-state index contributed by atoms with van der Waals surface area (Å²) in [6, 6.07) is 18.1. The minimum Gasteiger partial charge on any atom is -0.508 e. The van der Waals surface area contributed by atoms with E-state index in [4.69, 9.17) is 35.5 Å². The molecule has 0 unspecified atom stereocenters. The third kappa shape index (κ3) is 14.2. The van der Waals surface area contributed by atoms with Gasteiger partial charge in [0.25, 0.3) is 0 Å². The Balaban J connectivity index is 0.693. The molecule has 2 aromatic heterocycles. The minimum atomic E-state index is -0.984. The zero-order chi connectivity index (χ0) is 56.7. The Morgan fingerprint density at radius 2 is 1.62 bits per heavy atom. The average Bonchev–Trinajstić information content (AvgIpc) is 4.20. The fraction of sp³-hybridized carbons (Fsp3) is 0.500. The Morgan fingerprint density at radius 1 is 0.900 bits per heavy atom. The first-order valence-electron chi connectivity index (χ1n) is 27.8. The Bertz CT molecular complexity index is 3130. The molecule has 4 aromatic carbocycles. The van der Waals surface area contributed by atoms with Gasteiger partial charge in [0.1, 0.15) is 41.9 Å². The molecule has 3 aliphatic heterocycles. The van der Waals surface area contributed by atoms with Crippen molar-refractivity contribution in [3.63, 3.8) is 0 Å². The molecular formula is C60H74ClFN8O9S. The van der Waals surface area contributed by atoms with Gasteiger partial charge in [-0.1, -0.05) is 80.9 Å². The third-order valence-corrected chi connectivity index (χ3v) is 16.5. The molecule has 9 rings (SSSR count). The van der Waals surface area contributed by atoms with Crippen LogP contribution in [0.1, 0.15) is 90.4 Å². The molecule has 17 nitrogen and oxygen atoms in total. The van der Waals surface area contributed by atoms with Crippen LogP contribution in [0, 0.1) is 18.2 Å². The van der Waals surface area contributed by atoms with E-state index in [2.05, 4.69) is 30.4 Å². The summed E-state index contributed by atoms with van der Waals surface area (Å²) < 4.78 is 40.9. The summed E-state index contributed by atoms with van der Waals surface area (Å²) in [5, 5.41) is 29.4. The Morgan fingerprint density at radius 3 is 2.35 bits per heavy atom. The maximum Gasteiger partial charge on any atom is 0.319 e. The summed E-state index contributed by atoms with van der Waals surface area (Å²) in [5.41, 5.74) is 4.73. The highest BCUT2D eigenvalue weighted by atomic mass is 35.5. The fourth-order valence-corrected chi connectivity index (χ4v) is 12.1. The number of phenols is 1. The predicted molar refractivity (Wildman–Crippen MR) is 309 cm³/mol. The zero-order valence-corrected chi connectivity index (χ0v) is 48.1. The van der Waals surface area contributed by atoms with E-state index in [9.17, 15) is 24.6 Å². The van der Waals surface area contributed by atoms with Gasteiger partial charge < -0.3 is 49.6 Å². The van der Waals surface area contributed by atoms with Crippen LogP contribution >= 0.6 is 22.9 Å². The molecule has 3 aliphatic rings. The van der Waals surface area contributed by atoms with E-state index >= 15 is 4.39 Å². The molecule has 428 valence electrons. The Hall–Kier alpha value is -6.06. The van der Waals surface area contributed by atoms with Crippen LogP contribution in [0.25, 0.3) is 43.2 Å². The number of thiazole rings is 1. The number of aliphatic hydroxyl groups is 1. The van der Waals surface area contributed by atoms with Crippen LogP contribution in [-0.2, 0) is 28.6 Å². The van der Waals surface area contributed by atoms with Crippen LogP contribution in [0.3, 0.4) is 0 Å². The van der Waals surface area contributed by atoms with Crippen molar-refractivity contribution in [1.82, 2.24) is 35.4 Å². The number of anilines is 1. The lowest BCUT2D eigenvalue weighted by Crippen LogP contribution is -2.58. The Kier molecular flexibility index (Phi) is 19.2. The highest BCUT2D eigenvalue weighted by Gasteiger charge is 2.45. The molecule has 6 aromatic rings.